The minimum atomic E-state index is -4.60. The van der Waals surface area contributed by atoms with E-state index in [4.69, 9.17) is 11.6 Å². The largest absolute Gasteiger partial charge is 0.478 e. The van der Waals surface area contributed by atoms with Gasteiger partial charge in [-0.2, -0.15) is 18.3 Å². The van der Waals surface area contributed by atoms with E-state index in [0.717, 1.165) is 29.7 Å². The summed E-state index contributed by atoms with van der Waals surface area (Å²) in [5, 5.41) is 12.9. The Labute approximate surface area is 135 Å². The highest BCUT2D eigenvalue weighted by molar-refractivity contribution is 6.31. The van der Waals surface area contributed by atoms with Crippen molar-refractivity contribution in [2.75, 3.05) is 0 Å². The number of unbranched alkanes of at least 4 members (excludes halogenated alkanes) is 1. The van der Waals surface area contributed by atoms with E-state index in [1.54, 1.807) is 0 Å². The molecule has 8 heteroatoms. The summed E-state index contributed by atoms with van der Waals surface area (Å²) in [6.45, 7) is 1.95. The molecule has 0 spiro atoms. The summed E-state index contributed by atoms with van der Waals surface area (Å²) in [5.74, 6) is -1.16. The maximum absolute atomic E-state index is 12.9. The van der Waals surface area contributed by atoms with Gasteiger partial charge < -0.3 is 5.11 Å². The molecule has 0 amide bonds. The van der Waals surface area contributed by atoms with E-state index in [1.165, 1.54) is 12.3 Å². The second-order valence-corrected chi connectivity index (χ2v) is 5.41. The van der Waals surface area contributed by atoms with Crippen LogP contribution in [-0.4, -0.2) is 20.9 Å². The number of carbonyl (C=O) groups is 1. The predicted molar refractivity (Wildman–Crippen MR) is 79.1 cm³/mol. The Morgan fingerprint density at radius 3 is 2.65 bits per heavy atom. The Hall–Kier alpha value is -2.02. The first kappa shape index (κ1) is 17.3. The van der Waals surface area contributed by atoms with Crippen molar-refractivity contribution >= 4 is 17.6 Å². The molecule has 23 heavy (non-hydrogen) atoms. The third kappa shape index (κ3) is 3.85. The zero-order valence-corrected chi connectivity index (χ0v) is 12.9. The molecule has 1 heterocycles. The molecule has 1 aromatic heterocycles. The lowest BCUT2D eigenvalue weighted by atomic mass is 10.1. The van der Waals surface area contributed by atoms with E-state index in [2.05, 4.69) is 5.10 Å². The zero-order valence-electron chi connectivity index (χ0n) is 12.2. The topological polar surface area (TPSA) is 55.1 Å². The van der Waals surface area contributed by atoms with Crippen molar-refractivity contribution in [1.29, 1.82) is 0 Å². The van der Waals surface area contributed by atoms with Gasteiger partial charge in [0, 0.05) is 6.20 Å². The average Bonchev–Trinajstić information content (AvgIpc) is 2.88. The molecular weight excluding hydrogens is 333 g/mol. The molecule has 0 unspecified atom stereocenters. The van der Waals surface area contributed by atoms with Crippen molar-refractivity contribution in [3.63, 3.8) is 0 Å². The summed E-state index contributed by atoms with van der Waals surface area (Å²) in [7, 11) is 0. The van der Waals surface area contributed by atoms with Gasteiger partial charge in [0.1, 0.15) is 5.56 Å². The fourth-order valence-electron chi connectivity index (χ4n) is 2.12. The smallest absolute Gasteiger partial charge is 0.417 e. The van der Waals surface area contributed by atoms with E-state index < -0.39 is 22.7 Å². The van der Waals surface area contributed by atoms with Gasteiger partial charge in [-0.15, -0.1) is 0 Å². The number of carboxylic acid groups (broad SMARTS) is 1. The molecule has 4 nitrogen and oxygen atoms in total. The Morgan fingerprint density at radius 1 is 1.39 bits per heavy atom. The Kier molecular flexibility index (Phi) is 4.99. The van der Waals surface area contributed by atoms with Crippen molar-refractivity contribution < 1.29 is 23.1 Å². The fourth-order valence-corrected chi connectivity index (χ4v) is 2.35. The summed E-state index contributed by atoms with van der Waals surface area (Å²) in [6, 6.07) is 3.33. The Morgan fingerprint density at radius 2 is 2.09 bits per heavy atom. The number of hydrogen-bond donors (Lipinski definition) is 1. The third-order valence-corrected chi connectivity index (χ3v) is 3.64. The highest BCUT2D eigenvalue weighted by atomic mass is 35.5. The van der Waals surface area contributed by atoms with Crippen molar-refractivity contribution in [1.82, 2.24) is 9.78 Å². The number of benzene rings is 1. The molecular formula is C15H14ClF3N2O2. The normalized spacial score (nSPS) is 11.7. The number of aromatic carboxylic acids is 1. The lowest BCUT2D eigenvalue weighted by molar-refractivity contribution is -0.137. The van der Waals surface area contributed by atoms with Crippen LogP contribution in [0.15, 0.2) is 24.4 Å². The number of aryl methyl sites for hydroxylation is 1. The van der Waals surface area contributed by atoms with Gasteiger partial charge in [0.25, 0.3) is 0 Å². The maximum atomic E-state index is 12.9. The molecule has 1 N–H and O–H groups in total. The van der Waals surface area contributed by atoms with Crippen LogP contribution < -0.4 is 0 Å². The van der Waals surface area contributed by atoms with E-state index in [1.807, 2.05) is 6.92 Å². The van der Waals surface area contributed by atoms with Crippen molar-refractivity contribution in [2.45, 2.75) is 32.4 Å². The van der Waals surface area contributed by atoms with Gasteiger partial charge in [0.05, 0.1) is 22.0 Å². The van der Waals surface area contributed by atoms with Crippen LogP contribution in [0, 0.1) is 0 Å². The van der Waals surface area contributed by atoms with Gasteiger partial charge in [0.2, 0.25) is 0 Å². The van der Waals surface area contributed by atoms with Crippen LogP contribution in [0.1, 0.15) is 41.4 Å². The highest BCUT2D eigenvalue weighted by Crippen LogP contribution is 2.35. The molecule has 1 aromatic carbocycles. The molecule has 0 aliphatic rings. The molecule has 0 radical (unpaired) electrons. The summed E-state index contributed by atoms with van der Waals surface area (Å²) in [6.07, 6.45) is -1.33. The Bertz CT molecular complexity index is 726. The molecule has 0 aliphatic heterocycles. The molecule has 2 aromatic rings. The molecule has 0 saturated heterocycles. The molecule has 0 atom stereocenters. The van der Waals surface area contributed by atoms with E-state index in [-0.39, 0.29) is 11.3 Å². The number of hydrogen-bond acceptors (Lipinski definition) is 2. The van der Waals surface area contributed by atoms with Crippen LogP contribution in [0.25, 0.3) is 5.69 Å². The van der Waals surface area contributed by atoms with Gasteiger partial charge in [-0.1, -0.05) is 24.9 Å². The minimum absolute atomic E-state index is 0.0121. The summed E-state index contributed by atoms with van der Waals surface area (Å²) < 4.78 is 39.9. The van der Waals surface area contributed by atoms with Crippen molar-refractivity contribution in [2.24, 2.45) is 0 Å². The van der Waals surface area contributed by atoms with Gasteiger partial charge in [-0.25, -0.2) is 9.48 Å². The van der Waals surface area contributed by atoms with Crippen molar-refractivity contribution in [3.05, 3.63) is 46.2 Å². The summed E-state index contributed by atoms with van der Waals surface area (Å²) >= 11 is 5.58. The fraction of sp³-hybridized carbons (Fsp3) is 0.333. The average molecular weight is 347 g/mol. The summed E-state index contributed by atoms with van der Waals surface area (Å²) in [5.41, 5.74) is -0.545. The standard InChI is InChI=1S/C15H14ClF3N2O2/c1-2-3-4-13-10(14(22)23)8-21(20-13)9-5-6-12(16)11(7-9)15(17,18)19/h5-8H,2-4H2,1H3,(H,22,23). The van der Waals surface area contributed by atoms with Gasteiger partial charge in [0.15, 0.2) is 0 Å². The molecule has 0 fully saturated rings. The molecule has 2 rings (SSSR count). The lowest BCUT2D eigenvalue weighted by Gasteiger charge is -2.10. The number of rotatable bonds is 5. The zero-order chi connectivity index (χ0) is 17.2. The van der Waals surface area contributed by atoms with E-state index >= 15 is 0 Å². The number of aromatic nitrogens is 2. The summed E-state index contributed by atoms with van der Waals surface area (Å²) in [4.78, 5) is 11.3. The van der Waals surface area contributed by atoms with Crippen LogP contribution in [0.4, 0.5) is 13.2 Å². The second-order valence-electron chi connectivity index (χ2n) is 5.00. The number of halogens is 4. The quantitative estimate of drug-likeness (QED) is 0.861. The van der Waals surface area contributed by atoms with Crippen LogP contribution in [-0.2, 0) is 12.6 Å². The highest BCUT2D eigenvalue weighted by Gasteiger charge is 2.33. The van der Waals surface area contributed by atoms with Crippen LogP contribution in [0.3, 0.4) is 0 Å². The number of carboxylic acids is 1. The second kappa shape index (κ2) is 6.62. The van der Waals surface area contributed by atoms with Crippen LogP contribution in [0.5, 0.6) is 0 Å². The van der Waals surface area contributed by atoms with Crippen LogP contribution in [0.2, 0.25) is 5.02 Å². The van der Waals surface area contributed by atoms with Crippen molar-refractivity contribution in [3.8, 4) is 5.69 Å². The van der Waals surface area contributed by atoms with Gasteiger partial charge >= 0.3 is 12.1 Å². The van der Waals surface area contributed by atoms with Crippen LogP contribution >= 0.6 is 11.6 Å². The molecule has 124 valence electrons. The third-order valence-electron chi connectivity index (χ3n) is 3.31. The predicted octanol–water partition coefficient (Wildman–Crippen LogP) is 4.59. The Balaban J connectivity index is 2.48. The first-order valence-corrected chi connectivity index (χ1v) is 7.30. The van der Waals surface area contributed by atoms with E-state index in [0.29, 0.717) is 12.1 Å². The number of nitrogens with zero attached hydrogens (tertiary/aromatic N) is 2. The number of alkyl halides is 3. The molecule has 0 aliphatic carbocycles. The van der Waals surface area contributed by atoms with E-state index in [9.17, 15) is 23.1 Å². The maximum Gasteiger partial charge on any atom is 0.417 e. The van der Waals surface area contributed by atoms with Gasteiger partial charge in [-0.05, 0) is 31.0 Å². The van der Waals surface area contributed by atoms with Gasteiger partial charge in [-0.3, -0.25) is 0 Å². The molecule has 0 saturated carbocycles. The monoisotopic (exact) mass is 346 g/mol. The first-order valence-electron chi connectivity index (χ1n) is 6.93. The first-order chi connectivity index (χ1) is 10.7. The SMILES string of the molecule is CCCCc1nn(-c2ccc(Cl)c(C(F)(F)F)c2)cc1C(=O)O. The molecule has 0 bridgehead atoms. The lowest BCUT2D eigenvalue weighted by Crippen LogP contribution is -2.07. The minimum Gasteiger partial charge on any atom is -0.478 e.